The minimum absolute atomic E-state index is 0.340. The molecule has 0 saturated carbocycles. The van der Waals surface area contributed by atoms with Crippen molar-refractivity contribution in [3.8, 4) is 11.5 Å². The summed E-state index contributed by atoms with van der Waals surface area (Å²) in [6.45, 7) is 6.90. The summed E-state index contributed by atoms with van der Waals surface area (Å²) in [6.07, 6.45) is 2.19. The van der Waals surface area contributed by atoms with Gasteiger partial charge in [0.15, 0.2) is 11.5 Å². The second-order valence-electron chi connectivity index (χ2n) is 7.77. The number of rotatable bonds is 9. The highest BCUT2D eigenvalue weighted by atomic mass is 79.9. The largest absolute Gasteiger partial charge is 0.490 e. The Morgan fingerprint density at radius 2 is 1.97 bits per heavy atom. The van der Waals surface area contributed by atoms with Crippen molar-refractivity contribution in [1.82, 2.24) is 14.8 Å². The number of nitrogens with zero attached hydrogens (tertiary/aromatic N) is 3. The zero-order valence-corrected chi connectivity index (χ0v) is 21.0. The van der Waals surface area contributed by atoms with E-state index in [-0.39, 0.29) is 0 Å². The Morgan fingerprint density at radius 3 is 2.71 bits per heavy atom. The van der Waals surface area contributed by atoms with Crippen LogP contribution in [0.5, 0.6) is 11.5 Å². The number of esters is 1. The lowest BCUT2D eigenvalue weighted by Gasteiger charge is -2.29. The number of anilines is 1. The molecule has 0 fully saturated rings. The number of hydrogen-bond acceptors (Lipinski definition) is 7. The summed E-state index contributed by atoms with van der Waals surface area (Å²) in [7, 11) is 0. The number of benzene rings is 2. The summed E-state index contributed by atoms with van der Waals surface area (Å²) in [4.78, 5) is 17.3. The number of carbonyl (C=O) groups excluding carboxylic acids is 1. The maximum atomic E-state index is 13.1. The molecule has 2 aromatic carbocycles. The van der Waals surface area contributed by atoms with E-state index in [0.717, 1.165) is 17.5 Å². The molecule has 0 radical (unpaired) electrons. The van der Waals surface area contributed by atoms with Crippen LogP contribution in [-0.4, -0.2) is 33.9 Å². The zero-order valence-electron chi connectivity index (χ0n) is 19.4. The summed E-state index contributed by atoms with van der Waals surface area (Å²) in [6, 6.07) is 13.2. The van der Waals surface area contributed by atoms with Gasteiger partial charge in [-0.15, -0.1) is 0 Å². The maximum Gasteiger partial charge on any atom is 0.338 e. The van der Waals surface area contributed by atoms with Crippen LogP contribution in [0.2, 0.25) is 0 Å². The summed E-state index contributed by atoms with van der Waals surface area (Å²) in [5.74, 6) is 1.32. The van der Waals surface area contributed by atoms with Crippen molar-refractivity contribution in [3.63, 3.8) is 0 Å². The van der Waals surface area contributed by atoms with Crippen LogP contribution in [0.3, 0.4) is 0 Å². The predicted octanol–water partition coefficient (Wildman–Crippen LogP) is 5.26. The van der Waals surface area contributed by atoms with Gasteiger partial charge in [0.05, 0.1) is 23.3 Å². The minimum Gasteiger partial charge on any atom is -0.490 e. The van der Waals surface area contributed by atoms with Crippen LogP contribution in [0, 0.1) is 0 Å². The standard InChI is InChI=1S/C25H27BrN4O4/c1-4-11-33-24(31)21-16(3)29-25-27-15-28-30(25)22(21)18-12-19(26)23(20(13-18)32-5-2)34-14-17-9-7-6-8-10-17/h6-10,12-13,15,22H,4-5,11,14H2,1-3H3,(H,27,28,29). The molecule has 1 aliphatic rings. The van der Waals surface area contributed by atoms with Crippen LogP contribution in [0.25, 0.3) is 0 Å². The Bertz CT molecular complexity index is 1190. The highest BCUT2D eigenvalue weighted by Crippen LogP contribution is 2.43. The number of fused-ring (bicyclic) bond motifs is 1. The molecule has 34 heavy (non-hydrogen) atoms. The van der Waals surface area contributed by atoms with Gasteiger partial charge < -0.3 is 19.5 Å². The molecule has 3 aromatic rings. The van der Waals surface area contributed by atoms with Gasteiger partial charge in [0.2, 0.25) is 5.95 Å². The van der Waals surface area contributed by atoms with E-state index in [2.05, 4.69) is 31.3 Å². The Labute approximate surface area is 207 Å². The van der Waals surface area contributed by atoms with Crippen molar-refractivity contribution in [3.05, 3.63) is 75.7 Å². The number of halogens is 1. The zero-order chi connectivity index (χ0) is 24.1. The lowest BCUT2D eigenvalue weighted by atomic mass is 9.95. The SMILES string of the molecule is CCCOC(=O)C1=C(C)Nc2ncnn2C1c1cc(Br)c(OCc2ccccc2)c(OCC)c1. The first-order chi connectivity index (χ1) is 16.5. The molecule has 0 bridgehead atoms. The monoisotopic (exact) mass is 526 g/mol. The van der Waals surface area contributed by atoms with E-state index in [1.54, 1.807) is 4.68 Å². The lowest BCUT2D eigenvalue weighted by Crippen LogP contribution is -2.30. The predicted molar refractivity (Wildman–Crippen MR) is 132 cm³/mol. The fourth-order valence-corrected chi connectivity index (χ4v) is 4.39. The number of carbonyl (C=O) groups is 1. The van der Waals surface area contributed by atoms with Crippen LogP contribution in [-0.2, 0) is 16.1 Å². The van der Waals surface area contributed by atoms with Gasteiger partial charge in [0.1, 0.15) is 19.0 Å². The van der Waals surface area contributed by atoms with E-state index in [0.29, 0.717) is 53.0 Å². The van der Waals surface area contributed by atoms with Gasteiger partial charge in [-0.05, 0) is 59.5 Å². The van der Waals surface area contributed by atoms with Gasteiger partial charge in [0.25, 0.3) is 0 Å². The first kappa shape index (κ1) is 23.8. The Hall–Kier alpha value is -3.33. The Morgan fingerprint density at radius 1 is 1.18 bits per heavy atom. The van der Waals surface area contributed by atoms with Gasteiger partial charge in [-0.3, -0.25) is 0 Å². The molecule has 1 N–H and O–H groups in total. The van der Waals surface area contributed by atoms with E-state index in [1.807, 2.05) is 63.2 Å². The lowest BCUT2D eigenvalue weighted by molar-refractivity contribution is -0.139. The molecule has 2 heterocycles. The van der Waals surface area contributed by atoms with Gasteiger partial charge in [-0.2, -0.15) is 10.1 Å². The first-order valence-corrected chi connectivity index (χ1v) is 12.0. The van der Waals surface area contributed by atoms with Crippen LogP contribution in [0.15, 0.2) is 64.5 Å². The fourth-order valence-electron chi connectivity index (χ4n) is 3.81. The quantitative estimate of drug-likeness (QED) is 0.380. The Balaban J connectivity index is 1.75. The van der Waals surface area contributed by atoms with Crippen LogP contribution in [0.1, 0.15) is 44.4 Å². The highest BCUT2D eigenvalue weighted by Gasteiger charge is 2.35. The van der Waals surface area contributed by atoms with E-state index in [4.69, 9.17) is 14.2 Å². The average Bonchev–Trinajstić information content (AvgIpc) is 3.29. The van der Waals surface area contributed by atoms with Gasteiger partial charge in [0, 0.05) is 5.70 Å². The molecule has 0 aliphatic carbocycles. The van der Waals surface area contributed by atoms with Gasteiger partial charge in [-0.25, -0.2) is 9.48 Å². The van der Waals surface area contributed by atoms with Crippen molar-refractivity contribution < 1.29 is 19.0 Å². The van der Waals surface area contributed by atoms with Crippen molar-refractivity contribution in [2.24, 2.45) is 0 Å². The van der Waals surface area contributed by atoms with Crippen molar-refractivity contribution in [2.75, 3.05) is 18.5 Å². The summed E-state index contributed by atoms with van der Waals surface area (Å²) >= 11 is 3.65. The van der Waals surface area contributed by atoms with Crippen LogP contribution < -0.4 is 14.8 Å². The number of ether oxygens (including phenoxy) is 3. The highest BCUT2D eigenvalue weighted by molar-refractivity contribution is 9.10. The van der Waals surface area contributed by atoms with Crippen LogP contribution in [0.4, 0.5) is 5.95 Å². The minimum atomic E-state index is -0.540. The molecular formula is C25H27BrN4O4. The third kappa shape index (κ3) is 4.94. The summed E-state index contributed by atoms with van der Waals surface area (Å²) < 4.78 is 20.0. The average molecular weight is 527 g/mol. The normalized spacial score (nSPS) is 14.9. The molecule has 1 atom stereocenters. The van der Waals surface area contributed by atoms with Crippen molar-refractivity contribution in [2.45, 2.75) is 39.8 Å². The van der Waals surface area contributed by atoms with Crippen LogP contribution >= 0.6 is 15.9 Å². The molecule has 9 heteroatoms. The Kier molecular flexibility index (Phi) is 7.52. The van der Waals surface area contributed by atoms with Gasteiger partial charge in [-0.1, -0.05) is 37.3 Å². The molecule has 1 unspecified atom stereocenters. The second kappa shape index (κ2) is 10.7. The van der Waals surface area contributed by atoms with Crippen molar-refractivity contribution in [1.29, 1.82) is 0 Å². The van der Waals surface area contributed by atoms with E-state index < -0.39 is 12.0 Å². The molecule has 0 spiro atoms. The molecule has 4 rings (SSSR count). The number of hydrogen-bond donors (Lipinski definition) is 1. The van der Waals surface area contributed by atoms with Crippen molar-refractivity contribution >= 4 is 27.8 Å². The molecule has 0 saturated heterocycles. The molecule has 1 aromatic heterocycles. The number of allylic oxidation sites excluding steroid dienone is 1. The van der Waals surface area contributed by atoms with Gasteiger partial charge >= 0.3 is 5.97 Å². The fraction of sp³-hybridized carbons (Fsp3) is 0.320. The molecule has 1 aliphatic heterocycles. The molecular weight excluding hydrogens is 500 g/mol. The summed E-state index contributed by atoms with van der Waals surface area (Å²) in [5, 5.41) is 7.53. The third-order valence-corrected chi connectivity index (χ3v) is 5.91. The first-order valence-electron chi connectivity index (χ1n) is 11.2. The van der Waals surface area contributed by atoms with E-state index in [9.17, 15) is 4.79 Å². The third-order valence-electron chi connectivity index (χ3n) is 5.33. The number of nitrogens with one attached hydrogen (secondary N) is 1. The van der Waals surface area contributed by atoms with E-state index in [1.165, 1.54) is 6.33 Å². The topological polar surface area (TPSA) is 87.5 Å². The van der Waals surface area contributed by atoms with E-state index >= 15 is 0 Å². The molecule has 0 amide bonds. The molecule has 178 valence electrons. The number of aromatic nitrogens is 3. The summed E-state index contributed by atoms with van der Waals surface area (Å²) in [5.41, 5.74) is 2.98. The second-order valence-corrected chi connectivity index (χ2v) is 8.62. The molecule has 8 nitrogen and oxygen atoms in total. The smallest absolute Gasteiger partial charge is 0.338 e. The maximum absolute atomic E-state index is 13.1.